The number of ether oxygens (including phenoxy) is 1. The average Bonchev–Trinajstić information content (AvgIpc) is 2.43. The Morgan fingerprint density at radius 3 is 2.55 bits per heavy atom. The van der Waals surface area contributed by atoms with Crippen LogP contribution in [0.25, 0.3) is 0 Å². The van der Waals surface area contributed by atoms with Crippen LogP contribution >= 0.6 is 0 Å². The molecule has 1 atom stereocenters. The third-order valence-corrected chi connectivity index (χ3v) is 2.98. The summed E-state index contributed by atoms with van der Waals surface area (Å²) in [4.78, 5) is 24.4. The van der Waals surface area contributed by atoms with Gasteiger partial charge in [0.25, 0.3) is 5.91 Å². The van der Waals surface area contributed by atoms with Crippen molar-refractivity contribution in [2.24, 2.45) is 5.92 Å². The van der Waals surface area contributed by atoms with Gasteiger partial charge >= 0.3 is 5.97 Å². The smallest absolute Gasteiger partial charge is 0.308 e. The number of hydrogen-bond donors (Lipinski definition) is 1. The lowest BCUT2D eigenvalue weighted by Gasteiger charge is -2.23. The van der Waals surface area contributed by atoms with Crippen LogP contribution in [0.15, 0.2) is 18.2 Å². The Balaban J connectivity index is 2.91. The Hall–Kier alpha value is -2.11. The number of hydrogen-bond acceptors (Lipinski definition) is 3. The molecule has 1 aromatic carbocycles. The van der Waals surface area contributed by atoms with Crippen LogP contribution in [-0.2, 0) is 4.79 Å². The lowest BCUT2D eigenvalue weighted by Crippen LogP contribution is -2.36. The van der Waals surface area contributed by atoms with E-state index in [1.165, 1.54) is 31.1 Å². The molecule has 1 rings (SSSR count). The molecule has 0 aliphatic rings. The van der Waals surface area contributed by atoms with E-state index < -0.39 is 23.6 Å². The zero-order valence-corrected chi connectivity index (χ0v) is 11.7. The molecule has 20 heavy (non-hydrogen) atoms. The van der Waals surface area contributed by atoms with E-state index in [1.807, 2.05) is 0 Å². The molecule has 0 heterocycles. The summed E-state index contributed by atoms with van der Waals surface area (Å²) in [5, 5.41) is 8.88. The summed E-state index contributed by atoms with van der Waals surface area (Å²) in [5.74, 6) is -2.62. The van der Waals surface area contributed by atoms with Crippen molar-refractivity contribution >= 4 is 11.9 Å². The first-order valence-corrected chi connectivity index (χ1v) is 6.26. The van der Waals surface area contributed by atoms with Gasteiger partial charge in [-0.05, 0) is 25.1 Å². The van der Waals surface area contributed by atoms with Crippen molar-refractivity contribution in [2.75, 3.05) is 20.2 Å². The minimum Gasteiger partial charge on any atom is -0.494 e. The van der Waals surface area contributed by atoms with Crippen LogP contribution in [-0.4, -0.2) is 42.1 Å². The SMILES string of the molecule is CCN(CC(C)C(=O)O)C(=O)c1ccc(OC)c(F)c1. The summed E-state index contributed by atoms with van der Waals surface area (Å²) in [6.07, 6.45) is 0. The Labute approximate surface area is 117 Å². The van der Waals surface area contributed by atoms with E-state index in [9.17, 15) is 14.0 Å². The van der Waals surface area contributed by atoms with Crippen LogP contribution in [0.5, 0.6) is 5.75 Å². The highest BCUT2D eigenvalue weighted by Crippen LogP contribution is 2.19. The molecular formula is C14H18FNO4. The van der Waals surface area contributed by atoms with Crippen molar-refractivity contribution < 1.29 is 23.8 Å². The number of nitrogens with zero attached hydrogens (tertiary/aromatic N) is 1. The van der Waals surface area contributed by atoms with Crippen molar-refractivity contribution in [2.45, 2.75) is 13.8 Å². The topological polar surface area (TPSA) is 66.8 Å². The summed E-state index contributed by atoms with van der Waals surface area (Å²) in [6.45, 7) is 3.70. The second kappa shape index (κ2) is 6.88. The standard InChI is InChI=1S/C14H18FNO4/c1-4-16(8-9(2)14(18)19)13(17)10-5-6-12(20-3)11(15)7-10/h5-7,9H,4,8H2,1-3H3,(H,18,19). The minimum atomic E-state index is -0.975. The van der Waals surface area contributed by atoms with E-state index >= 15 is 0 Å². The van der Waals surface area contributed by atoms with Gasteiger partial charge in [0.2, 0.25) is 0 Å². The molecule has 0 spiro atoms. The fourth-order valence-corrected chi connectivity index (χ4v) is 1.75. The molecule has 0 saturated carbocycles. The average molecular weight is 283 g/mol. The van der Waals surface area contributed by atoms with Crippen LogP contribution in [0.4, 0.5) is 4.39 Å². The van der Waals surface area contributed by atoms with Gasteiger partial charge in [-0.15, -0.1) is 0 Å². The number of carboxylic acids is 1. The van der Waals surface area contributed by atoms with Gasteiger partial charge in [-0.3, -0.25) is 9.59 Å². The first-order chi connectivity index (χ1) is 9.40. The second-order valence-corrected chi connectivity index (χ2v) is 4.43. The molecule has 0 aromatic heterocycles. The molecule has 0 fully saturated rings. The highest BCUT2D eigenvalue weighted by Gasteiger charge is 2.21. The van der Waals surface area contributed by atoms with Gasteiger partial charge in [-0.2, -0.15) is 0 Å². The van der Waals surface area contributed by atoms with Crippen molar-refractivity contribution in [1.29, 1.82) is 0 Å². The third-order valence-electron chi connectivity index (χ3n) is 2.98. The molecule has 0 saturated heterocycles. The number of aliphatic carboxylic acids is 1. The molecule has 1 unspecified atom stereocenters. The monoisotopic (exact) mass is 283 g/mol. The van der Waals surface area contributed by atoms with Crippen LogP contribution in [0.2, 0.25) is 0 Å². The highest BCUT2D eigenvalue weighted by atomic mass is 19.1. The van der Waals surface area contributed by atoms with Crippen molar-refractivity contribution in [3.8, 4) is 5.75 Å². The Morgan fingerprint density at radius 1 is 1.45 bits per heavy atom. The maximum absolute atomic E-state index is 13.6. The molecule has 0 aliphatic heterocycles. The normalized spacial score (nSPS) is 11.8. The maximum atomic E-state index is 13.6. The summed E-state index contributed by atoms with van der Waals surface area (Å²) >= 11 is 0. The largest absolute Gasteiger partial charge is 0.494 e. The number of amides is 1. The summed E-state index contributed by atoms with van der Waals surface area (Å²) in [6, 6.07) is 3.92. The van der Waals surface area contributed by atoms with Gasteiger partial charge in [0.1, 0.15) is 0 Å². The molecule has 5 nitrogen and oxygen atoms in total. The van der Waals surface area contributed by atoms with E-state index in [0.717, 1.165) is 6.07 Å². The third kappa shape index (κ3) is 3.69. The lowest BCUT2D eigenvalue weighted by molar-refractivity contribution is -0.141. The van der Waals surface area contributed by atoms with Gasteiger partial charge in [0.15, 0.2) is 11.6 Å². The number of methoxy groups -OCH3 is 1. The predicted molar refractivity (Wildman–Crippen MR) is 71.3 cm³/mol. The second-order valence-electron chi connectivity index (χ2n) is 4.43. The lowest BCUT2D eigenvalue weighted by atomic mass is 10.1. The number of halogens is 1. The molecule has 110 valence electrons. The zero-order chi connectivity index (χ0) is 15.3. The van der Waals surface area contributed by atoms with E-state index in [2.05, 4.69) is 0 Å². The first-order valence-electron chi connectivity index (χ1n) is 6.26. The van der Waals surface area contributed by atoms with Crippen LogP contribution in [0, 0.1) is 11.7 Å². The highest BCUT2D eigenvalue weighted by molar-refractivity contribution is 5.94. The summed E-state index contributed by atoms with van der Waals surface area (Å²) < 4.78 is 18.4. The molecule has 6 heteroatoms. The minimum absolute atomic E-state index is 0.0588. The number of benzene rings is 1. The fourth-order valence-electron chi connectivity index (χ4n) is 1.75. The molecule has 0 radical (unpaired) electrons. The van der Waals surface area contributed by atoms with Crippen LogP contribution in [0.1, 0.15) is 24.2 Å². The summed E-state index contributed by atoms with van der Waals surface area (Å²) in [7, 11) is 1.34. The van der Waals surface area contributed by atoms with Crippen molar-refractivity contribution in [1.82, 2.24) is 4.90 Å². The van der Waals surface area contributed by atoms with E-state index in [4.69, 9.17) is 9.84 Å². The molecule has 0 bridgehead atoms. The quantitative estimate of drug-likeness (QED) is 0.867. The summed E-state index contributed by atoms with van der Waals surface area (Å²) in [5.41, 5.74) is 0.169. The van der Waals surface area contributed by atoms with Crippen molar-refractivity contribution in [3.63, 3.8) is 0 Å². The van der Waals surface area contributed by atoms with Crippen LogP contribution < -0.4 is 4.74 Å². The molecule has 1 amide bonds. The Kier molecular flexibility index (Phi) is 5.49. The molecule has 1 N–H and O–H groups in total. The first kappa shape index (κ1) is 15.9. The Morgan fingerprint density at radius 2 is 2.10 bits per heavy atom. The van der Waals surface area contributed by atoms with E-state index in [-0.39, 0.29) is 17.9 Å². The van der Waals surface area contributed by atoms with Gasteiger partial charge in [0.05, 0.1) is 13.0 Å². The van der Waals surface area contributed by atoms with Crippen LogP contribution in [0.3, 0.4) is 0 Å². The molecule has 0 aliphatic carbocycles. The van der Waals surface area contributed by atoms with Gasteiger partial charge < -0.3 is 14.7 Å². The number of carbonyl (C=O) groups excluding carboxylic acids is 1. The maximum Gasteiger partial charge on any atom is 0.308 e. The van der Waals surface area contributed by atoms with Gasteiger partial charge in [-0.25, -0.2) is 4.39 Å². The molecule has 1 aromatic rings. The Bertz CT molecular complexity index is 504. The fraction of sp³-hybridized carbons (Fsp3) is 0.429. The molecular weight excluding hydrogens is 265 g/mol. The zero-order valence-electron chi connectivity index (χ0n) is 11.7. The number of carboxylic acid groups (broad SMARTS) is 1. The number of rotatable bonds is 6. The van der Waals surface area contributed by atoms with Gasteiger partial charge in [-0.1, -0.05) is 6.92 Å². The van der Waals surface area contributed by atoms with E-state index in [1.54, 1.807) is 6.92 Å². The van der Waals surface area contributed by atoms with E-state index in [0.29, 0.717) is 6.54 Å². The van der Waals surface area contributed by atoms with Crippen molar-refractivity contribution in [3.05, 3.63) is 29.6 Å². The number of carbonyl (C=O) groups is 2. The van der Waals surface area contributed by atoms with Gasteiger partial charge in [0, 0.05) is 18.7 Å². The predicted octanol–water partition coefficient (Wildman–Crippen LogP) is 2.02.